The minimum atomic E-state index is 0.759. The van der Waals surface area contributed by atoms with Gasteiger partial charge in [0.2, 0.25) is 0 Å². The highest BCUT2D eigenvalue weighted by Crippen LogP contribution is 2.10. The molecule has 0 aromatic heterocycles. The van der Waals surface area contributed by atoms with Gasteiger partial charge in [0.05, 0.1) is 0 Å². The third kappa shape index (κ3) is 30.9. The maximum Gasteiger partial charge on any atom is 0.142 e. The van der Waals surface area contributed by atoms with Crippen LogP contribution in [0.2, 0.25) is 0 Å². The molecule has 0 saturated heterocycles. The molecule has 0 unspecified atom stereocenters. The fourth-order valence-electron chi connectivity index (χ4n) is 2.91. The van der Waals surface area contributed by atoms with Crippen LogP contribution in [0.5, 0.6) is 0 Å². The summed E-state index contributed by atoms with van der Waals surface area (Å²) in [7, 11) is 0. The molecule has 0 fully saturated rings. The van der Waals surface area contributed by atoms with E-state index in [0.29, 0.717) is 0 Å². The quantitative estimate of drug-likeness (QED) is 0.132. The van der Waals surface area contributed by atoms with Crippen LogP contribution >= 0.6 is 0 Å². The summed E-state index contributed by atoms with van der Waals surface area (Å²) < 4.78 is 0. The molecular weight excluding hydrogens is 320 g/mol. The van der Waals surface area contributed by atoms with E-state index in [-0.39, 0.29) is 0 Å². The minimum Gasteiger partial charge on any atom is -0.303 e. The monoisotopic (exact) mass is 366 g/mol. The Labute approximate surface area is 164 Å². The molecule has 0 aliphatic carbocycles. The largest absolute Gasteiger partial charge is 0.303 e. The van der Waals surface area contributed by atoms with Gasteiger partial charge in [0.1, 0.15) is 12.6 Å². The van der Waals surface area contributed by atoms with E-state index in [1.165, 1.54) is 96.3 Å². The van der Waals surface area contributed by atoms with E-state index in [1.807, 2.05) is 6.08 Å². The molecule has 2 heteroatoms. The average Bonchev–Trinajstić information content (AvgIpc) is 2.66. The van der Waals surface area contributed by atoms with Gasteiger partial charge >= 0.3 is 0 Å². The van der Waals surface area contributed by atoms with Gasteiger partial charge in [-0.15, -0.1) is 0 Å². The number of rotatable bonds is 19. The maximum absolute atomic E-state index is 9.98. The molecule has 0 saturated carbocycles. The molecule has 154 valence electrons. The first-order chi connectivity index (χ1) is 12.8. The molecule has 0 aliphatic rings. The number of carbonyl (C=O) groups excluding carboxylic acids is 2. The first-order valence-electron chi connectivity index (χ1n) is 11.4. The van der Waals surface area contributed by atoms with Crippen molar-refractivity contribution in [2.45, 2.75) is 129 Å². The summed E-state index contributed by atoms with van der Waals surface area (Å²) in [6.45, 7) is 4.49. The molecule has 0 heterocycles. The molecule has 2 nitrogen and oxygen atoms in total. The van der Waals surface area contributed by atoms with Gasteiger partial charge < -0.3 is 4.79 Å². The SMILES string of the molecule is CCCCCCCCCCC=CC=O.CCCCCCCCCCC=O. The summed E-state index contributed by atoms with van der Waals surface area (Å²) in [6, 6.07) is 0. The molecule has 0 aromatic rings. The second-order valence-electron chi connectivity index (χ2n) is 7.26. The van der Waals surface area contributed by atoms with E-state index < -0.39 is 0 Å². The van der Waals surface area contributed by atoms with Crippen LogP contribution in [0.15, 0.2) is 12.2 Å². The molecule has 0 amide bonds. The molecule has 0 spiro atoms. The lowest BCUT2D eigenvalue weighted by Gasteiger charge is -1.99. The highest BCUT2D eigenvalue weighted by molar-refractivity contribution is 5.64. The molecule has 0 bridgehead atoms. The van der Waals surface area contributed by atoms with Crippen molar-refractivity contribution >= 4 is 12.6 Å². The fourth-order valence-corrected chi connectivity index (χ4v) is 2.91. The standard InChI is InChI=1S/C13H24O.C11H22O/c1-2-3-4-5-6-7-8-9-10-11-12-13-14;1-2-3-4-5-6-7-8-9-10-11-12/h11-13H,2-10H2,1H3;11H,2-10H2,1H3. The van der Waals surface area contributed by atoms with E-state index in [4.69, 9.17) is 0 Å². The van der Waals surface area contributed by atoms with Gasteiger partial charge in [0.15, 0.2) is 0 Å². The van der Waals surface area contributed by atoms with Crippen LogP contribution in [-0.2, 0) is 9.59 Å². The summed E-state index contributed by atoms with van der Waals surface area (Å²) in [4.78, 5) is 19.9. The van der Waals surface area contributed by atoms with Crippen molar-refractivity contribution in [2.24, 2.45) is 0 Å². The maximum atomic E-state index is 9.98. The first-order valence-corrected chi connectivity index (χ1v) is 11.4. The predicted octanol–water partition coefficient (Wildman–Crippen LogP) is 7.99. The van der Waals surface area contributed by atoms with Crippen molar-refractivity contribution in [3.8, 4) is 0 Å². The number of hydrogen-bond acceptors (Lipinski definition) is 2. The van der Waals surface area contributed by atoms with Crippen molar-refractivity contribution < 1.29 is 9.59 Å². The number of allylic oxidation sites excluding steroid dienone is 2. The molecule has 0 rings (SSSR count). The Balaban J connectivity index is 0. The Kier molecular flexibility index (Phi) is 30.3. The lowest BCUT2D eigenvalue weighted by atomic mass is 10.1. The number of unbranched alkanes of at least 4 members (excludes halogenated alkanes) is 16. The first kappa shape index (κ1) is 27.3. The minimum absolute atomic E-state index is 0.759. The highest BCUT2D eigenvalue weighted by atomic mass is 16.1. The van der Waals surface area contributed by atoms with E-state index in [0.717, 1.165) is 31.8 Å². The van der Waals surface area contributed by atoms with Gasteiger partial charge in [-0.05, 0) is 25.3 Å². The third-order valence-corrected chi connectivity index (χ3v) is 4.61. The summed E-state index contributed by atoms with van der Waals surface area (Å²) in [5, 5.41) is 0. The molecular formula is C24H46O2. The zero-order chi connectivity index (χ0) is 19.6. The van der Waals surface area contributed by atoms with E-state index in [1.54, 1.807) is 6.08 Å². The van der Waals surface area contributed by atoms with E-state index >= 15 is 0 Å². The van der Waals surface area contributed by atoms with Crippen LogP contribution in [0.25, 0.3) is 0 Å². The number of aldehydes is 2. The summed E-state index contributed by atoms with van der Waals surface area (Å²) in [5.74, 6) is 0. The normalized spacial score (nSPS) is 10.5. The molecule has 0 N–H and O–H groups in total. The van der Waals surface area contributed by atoms with Crippen LogP contribution in [0.4, 0.5) is 0 Å². The van der Waals surface area contributed by atoms with Crippen molar-refractivity contribution in [1.29, 1.82) is 0 Å². The van der Waals surface area contributed by atoms with Crippen molar-refractivity contribution in [3.05, 3.63) is 12.2 Å². The molecule has 0 aromatic carbocycles. The highest BCUT2D eigenvalue weighted by Gasteiger charge is 1.91. The molecule has 26 heavy (non-hydrogen) atoms. The van der Waals surface area contributed by atoms with Gasteiger partial charge in [0, 0.05) is 6.42 Å². The van der Waals surface area contributed by atoms with E-state index in [2.05, 4.69) is 13.8 Å². The third-order valence-electron chi connectivity index (χ3n) is 4.61. The zero-order valence-corrected chi connectivity index (χ0v) is 17.9. The Morgan fingerprint density at radius 3 is 1.27 bits per heavy atom. The van der Waals surface area contributed by atoms with Crippen LogP contribution < -0.4 is 0 Å². The van der Waals surface area contributed by atoms with Crippen LogP contribution in [0.3, 0.4) is 0 Å². The second kappa shape index (κ2) is 28.9. The molecule has 0 radical (unpaired) electrons. The number of hydrogen-bond donors (Lipinski definition) is 0. The Hall–Kier alpha value is -0.920. The smallest absolute Gasteiger partial charge is 0.142 e. The van der Waals surface area contributed by atoms with Gasteiger partial charge in [-0.2, -0.15) is 0 Å². The van der Waals surface area contributed by atoms with Gasteiger partial charge in [-0.3, -0.25) is 4.79 Å². The fraction of sp³-hybridized carbons (Fsp3) is 0.833. The summed E-state index contributed by atoms with van der Waals surface area (Å²) in [5.41, 5.74) is 0. The Morgan fingerprint density at radius 2 is 0.885 bits per heavy atom. The number of carbonyl (C=O) groups is 2. The van der Waals surface area contributed by atoms with Crippen LogP contribution in [0.1, 0.15) is 129 Å². The molecule has 0 atom stereocenters. The molecule has 0 aliphatic heterocycles. The van der Waals surface area contributed by atoms with Crippen LogP contribution in [0, 0.1) is 0 Å². The van der Waals surface area contributed by atoms with Crippen LogP contribution in [-0.4, -0.2) is 12.6 Å². The van der Waals surface area contributed by atoms with Crippen molar-refractivity contribution in [3.63, 3.8) is 0 Å². The van der Waals surface area contributed by atoms with Gasteiger partial charge in [-0.1, -0.05) is 110 Å². The second-order valence-corrected chi connectivity index (χ2v) is 7.26. The lowest BCUT2D eigenvalue weighted by molar-refractivity contribution is -0.108. The zero-order valence-electron chi connectivity index (χ0n) is 17.9. The Morgan fingerprint density at radius 1 is 0.500 bits per heavy atom. The predicted molar refractivity (Wildman–Crippen MR) is 116 cm³/mol. The van der Waals surface area contributed by atoms with E-state index in [9.17, 15) is 9.59 Å². The summed E-state index contributed by atoms with van der Waals surface area (Å²) in [6.07, 6.45) is 28.6. The lowest BCUT2D eigenvalue weighted by Crippen LogP contribution is -1.81. The van der Waals surface area contributed by atoms with Gasteiger partial charge in [0.25, 0.3) is 0 Å². The summed E-state index contributed by atoms with van der Waals surface area (Å²) >= 11 is 0. The van der Waals surface area contributed by atoms with Gasteiger partial charge in [-0.25, -0.2) is 0 Å². The van der Waals surface area contributed by atoms with Crippen molar-refractivity contribution in [1.82, 2.24) is 0 Å². The van der Waals surface area contributed by atoms with Crippen molar-refractivity contribution in [2.75, 3.05) is 0 Å². The average molecular weight is 367 g/mol. The topological polar surface area (TPSA) is 34.1 Å². The Bertz CT molecular complexity index is 284.